The molecule has 7 heteroatoms. The van der Waals surface area contributed by atoms with Crippen molar-refractivity contribution in [2.24, 2.45) is 0 Å². The van der Waals surface area contributed by atoms with Crippen molar-refractivity contribution in [2.45, 2.75) is 46.6 Å². The second kappa shape index (κ2) is 8.70. The number of carbonyl (C=O) groups is 3. The average Bonchev–Trinajstić information content (AvgIpc) is 3.02. The molecule has 0 radical (unpaired) electrons. The number of hydrogen-bond donors (Lipinski definition) is 0. The van der Waals surface area contributed by atoms with E-state index in [0.717, 1.165) is 11.1 Å². The lowest BCUT2D eigenvalue weighted by Gasteiger charge is -2.18. The van der Waals surface area contributed by atoms with E-state index in [2.05, 4.69) is 4.74 Å². The van der Waals surface area contributed by atoms with Gasteiger partial charge in [-0.25, -0.2) is 4.79 Å². The van der Waals surface area contributed by atoms with E-state index in [4.69, 9.17) is 14.2 Å². The molecule has 0 aromatic heterocycles. The first-order valence-electron chi connectivity index (χ1n) is 8.60. The zero-order valence-corrected chi connectivity index (χ0v) is 16.3. The van der Waals surface area contributed by atoms with Crippen molar-refractivity contribution in [3.8, 4) is 11.5 Å². The van der Waals surface area contributed by atoms with Gasteiger partial charge in [-0.3, -0.25) is 9.59 Å². The lowest BCUT2D eigenvalue weighted by molar-refractivity contribution is -0.140. The van der Waals surface area contributed by atoms with Crippen LogP contribution in [0, 0.1) is 6.92 Å². The molecule has 0 aliphatic carbocycles. The minimum atomic E-state index is -0.532. The van der Waals surface area contributed by atoms with Gasteiger partial charge < -0.3 is 18.9 Å². The van der Waals surface area contributed by atoms with Crippen molar-refractivity contribution >= 4 is 17.9 Å². The molecule has 0 N–H and O–H groups in total. The van der Waals surface area contributed by atoms with Gasteiger partial charge >= 0.3 is 17.9 Å². The molecule has 0 spiro atoms. The highest BCUT2D eigenvalue weighted by molar-refractivity contribution is 5.99. The van der Waals surface area contributed by atoms with Crippen LogP contribution in [0.25, 0.3) is 0 Å². The van der Waals surface area contributed by atoms with Gasteiger partial charge in [-0.05, 0) is 32.3 Å². The van der Waals surface area contributed by atoms with Crippen molar-refractivity contribution in [1.29, 1.82) is 0 Å². The van der Waals surface area contributed by atoms with Gasteiger partial charge in [0.2, 0.25) is 0 Å². The maximum atomic E-state index is 12.2. The molecule has 7 nitrogen and oxygen atoms in total. The molecule has 0 amide bonds. The number of hydrogen-bond acceptors (Lipinski definition) is 7. The van der Waals surface area contributed by atoms with E-state index in [-0.39, 0.29) is 30.3 Å². The summed E-state index contributed by atoms with van der Waals surface area (Å²) < 4.78 is 20.7. The maximum Gasteiger partial charge on any atom is 0.342 e. The van der Waals surface area contributed by atoms with Gasteiger partial charge in [0, 0.05) is 24.5 Å². The lowest BCUT2D eigenvalue weighted by atomic mass is 9.94. The summed E-state index contributed by atoms with van der Waals surface area (Å²) in [4.78, 5) is 35.1. The zero-order chi connectivity index (χ0) is 20.1. The number of rotatable bonds is 7. The number of cyclic esters (lactones) is 1. The van der Waals surface area contributed by atoms with E-state index in [1.165, 1.54) is 21.1 Å². The van der Waals surface area contributed by atoms with E-state index in [0.29, 0.717) is 29.7 Å². The number of carbonyl (C=O) groups excluding carboxylic acids is 3. The normalized spacial score (nSPS) is 13.1. The Labute approximate surface area is 158 Å². The van der Waals surface area contributed by atoms with Crippen LogP contribution in [0.3, 0.4) is 0 Å². The third kappa shape index (κ3) is 4.48. The largest absolute Gasteiger partial charge is 0.496 e. The summed E-state index contributed by atoms with van der Waals surface area (Å²) in [5, 5.41) is 0. The molecular formula is C20H24O7. The molecule has 1 aliphatic heterocycles. The van der Waals surface area contributed by atoms with Crippen molar-refractivity contribution < 1.29 is 33.3 Å². The van der Waals surface area contributed by atoms with E-state index < -0.39 is 11.9 Å². The van der Waals surface area contributed by atoms with Gasteiger partial charge in [0.05, 0.1) is 14.2 Å². The standard InChI is InChI=1S/C20H24O7/c1-11(7-9-16(22)24-4)6-8-14-18(25-5)12(2)15-10-26-20(23)17(15)19(14)27-13(3)21/h6H,7-10H2,1-5H3/b11-6+. The van der Waals surface area contributed by atoms with Crippen molar-refractivity contribution in [1.82, 2.24) is 0 Å². The Hall–Kier alpha value is -2.83. The molecule has 146 valence electrons. The molecule has 0 fully saturated rings. The second-order valence-corrected chi connectivity index (χ2v) is 6.32. The molecule has 0 unspecified atom stereocenters. The molecule has 2 rings (SSSR count). The molecule has 0 saturated carbocycles. The smallest absolute Gasteiger partial charge is 0.342 e. The minimum Gasteiger partial charge on any atom is -0.496 e. The molecule has 1 heterocycles. The van der Waals surface area contributed by atoms with Crippen LogP contribution in [-0.4, -0.2) is 32.1 Å². The van der Waals surface area contributed by atoms with Gasteiger partial charge in [-0.2, -0.15) is 0 Å². The fourth-order valence-electron chi connectivity index (χ4n) is 3.05. The number of fused-ring (bicyclic) bond motifs is 1. The van der Waals surface area contributed by atoms with Crippen LogP contribution in [0.1, 0.15) is 53.7 Å². The molecule has 1 aromatic carbocycles. The number of esters is 3. The van der Waals surface area contributed by atoms with Crippen LogP contribution in [0.5, 0.6) is 11.5 Å². The summed E-state index contributed by atoms with van der Waals surface area (Å²) in [5.41, 5.74) is 3.30. The lowest BCUT2D eigenvalue weighted by Crippen LogP contribution is -2.11. The Morgan fingerprint density at radius 3 is 2.44 bits per heavy atom. The molecule has 27 heavy (non-hydrogen) atoms. The van der Waals surface area contributed by atoms with E-state index in [1.807, 2.05) is 19.9 Å². The highest BCUT2D eigenvalue weighted by atomic mass is 16.6. The van der Waals surface area contributed by atoms with E-state index in [9.17, 15) is 14.4 Å². The summed E-state index contributed by atoms with van der Waals surface area (Å²) in [6.07, 6.45) is 3.12. The third-order valence-corrected chi connectivity index (χ3v) is 4.48. The van der Waals surface area contributed by atoms with Gasteiger partial charge in [0.15, 0.2) is 5.75 Å². The molecule has 0 bridgehead atoms. The van der Waals surface area contributed by atoms with Crippen LogP contribution in [0.2, 0.25) is 0 Å². The van der Waals surface area contributed by atoms with E-state index in [1.54, 1.807) is 0 Å². The Kier molecular flexibility index (Phi) is 6.60. The summed E-state index contributed by atoms with van der Waals surface area (Å²) in [6, 6.07) is 0. The topological polar surface area (TPSA) is 88.1 Å². The number of ether oxygens (including phenoxy) is 4. The quantitative estimate of drug-likeness (QED) is 0.410. The average molecular weight is 376 g/mol. The van der Waals surface area contributed by atoms with Gasteiger partial charge in [0.25, 0.3) is 0 Å². The van der Waals surface area contributed by atoms with Crippen LogP contribution in [0.15, 0.2) is 11.6 Å². The van der Waals surface area contributed by atoms with Crippen LogP contribution < -0.4 is 9.47 Å². The fraction of sp³-hybridized carbons (Fsp3) is 0.450. The van der Waals surface area contributed by atoms with Crippen molar-refractivity contribution in [2.75, 3.05) is 14.2 Å². The summed E-state index contributed by atoms with van der Waals surface area (Å²) in [6.45, 7) is 5.14. The fourth-order valence-corrected chi connectivity index (χ4v) is 3.05. The molecule has 0 saturated heterocycles. The highest BCUT2D eigenvalue weighted by Crippen LogP contribution is 2.42. The Balaban J connectivity index is 2.46. The van der Waals surface area contributed by atoms with Gasteiger partial charge in [-0.1, -0.05) is 11.6 Å². The Bertz CT molecular complexity index is 805. The zero-order valence-electron chi connectivity index (χ0n) is 16.3. The molecular weight excluding hydrogens is 352 g/mol. The minimum absolute atomic E-state index is 0.124. The Morgan fingerprint density at radius 2 is 1.85 bits per heavy atom. The van der Waals surface area contributed by atoms with Gasteiger partial charge in [-0.15, -0.1) is 0 Å². The van der Waals surface area contributed by atoms with Crippen LogP contribution >= 0.6 is 0 Å². The maximum absolute atomic E-state index is 12.2. The van der Waals surface area contributed by atoms with Crippen LogP contribution in [0.4, 0.5) is 0 Å². The molecule has 0 atom stereocenters. The first-order chi connectivity index (χ1) is 12.8. The van der Waals surface area contributed by atoms with Crippen molar-refractivity contribution in [3.05, 3.63) is 33.9 Å². The SMILES string of the molecule is COC(=O)CC/C(C)=C/Cc1c(OC)c(C)c2c(c1OC(C)=O)C(=O)OC2. The number of benzene rings is 1. The van der Waals surface area contributed by atoms with Crippen LogP contribution in [-0.2, 0) is 32.1 Å². The predicted octanol–water partition coefficient (Wildman–Crippen LogP) is 3.04. The number of methoxy groups -OCH3 is 2. The Morgan fingerprint density at radius 1 is 1.15 bits per heavy atom. The van der Waals surface area contributed by atoms with E-state index >= 15 is 0 Å². The second-order valence-electron chi connectivity index (χ2n) is 6.32. The molecule has 1 aliphatic rings. The summed E-state index contributed by atoms with van der Waals surface area (Å²) >= 11 is 0. The predicted molar refractivity (Wildman–Crippen MR) is 96.9 cm³/mol. The third-order valence-electron chi connectivity index (χ3n) is 4.48. The first kappa shape index (κ1) is 20.5. The summed E-state index contributed by atoms with van der Waals surface area (Å²) in [7, 11) is 2.88. The molecule has 1 aromatic rings. The monoisotopic (exact) mass is 376 g/mol. The highest BCUT2D eigenvalue weighted by Gasteiger charge is 2.33. The number of allylic oxidation sites excluding steroid dienone is 2. The summed E-state index contributed by atoms with van der Waals surface area (Å²) in [5.74, 6) is -0.591. The van der Waals surface area contributed by atoms with Crippen molar-refractivity contribution in [3.63, 3.8) is 0 Å². The first-order valence-corrected chi connectivity index (χ1v) is 8.60. The van der Waals surface area contributed by atoms with Gasteiger partial charge in [0.1, 0.15) is 17.9 Å².